The number of fused-ring (bicyclic) bond motifs is 2. The zero-order valence-corrected chi connectivity index (χ0v) is 76.8. The van der Waals surface area contributed by atoms with Crippen molar-refractivity contribution >= 4 is 221 Å². The molecule has 0 radical (unpaired) electrons. The molecule has 26 rings (SSSR count). The predicted molar refractivity (Wildman–Crippen MR) is 586 cm³/mol. The molecule has 3 heterocycles. The standard InChI is InChI=1S/C48H34N4.C41H31N3.C40H28N2/c1-31-29-43(51(45-21-7-9-27-49-45)41-19-11-15-33-13-3-5-17-37(33)41)39-26-24-36-32(2)30-44(40-25-23-35(31)47(39)48(36)40)52(46-22-8-10-28-50-46)42-20-12-16-34-14-4-6-18-38(34)42;1-28-13-20-34(21-14-28)43(32-9-5-3-6-10-32)37-24-18-30-17-23-36-38(25-19-31-16-22-35(37)40(30)41(31)36)44(33-11-7-4-8-12-33)39-26-15-29(2)27-42-39;1-5-13-31(14-6-1)41(32-15-7-2-8-16-32)37-27-23-29-22-26-36-38(28-24-30-21-25-35(37)39(29)40(30)36)42(33-17-9-3-10-18-33)34-19-11-4-12-20-34/h3-30H,1-2H3;3-27H,1-2H3;1-28H. The van der Waals surface area contributed by atoms with Crippen LogP contribution in [-0.2, 0) is 0 Å². The summed E-state index contributed by atoms with van der Waals surface area (Å²) in [6, 6.07) is 170. The fraction of sp³-hybridized carbons (Fsp3) is 0.0310. The second kappa shape index (κ2) is 35.5. The summed E-state index contributed by atoms with van der Waals surface area (Å²) in [5.74, 6) is 2.65. The quantitative estimate of drug-likeness (QED) is 0.0782. The van der Waals surface area contributed by atoms with Crippen LogP contribution in [0.3, 0.4) is 0 Å². The number of anilines is 18. The normalized spacial score (nSPS) is 11.5. The smallest absolute Gasteiger partial charge is 0.137 e. The zero-order valence-electron chi connectivity index (χ0n) is 76.8. The molecule has 0 N–H and O–H groups in total. The van der Waals surface area contributed by atoms with Gasteiger partial charge in [-0.05, 0) is 284 Å². The summed E-state index contributed by atoms with van der Waals surface area (Å²) >= 11 is 0. The maximum absolute atomic E-state index is 4.93. The van der Waals surface area contributed by atoms with Gasteiger partial charge in [0.25, 0.3) is 0 Å². The second-order valence-electron chi connectivity index (χ2n) is 35.6. The first-order chi connectivity index (χ1) is 68.2. The molecule has 26 aromatic rings. The maximum Gasteiger partial charge on any atom is 0.137 e. The molecule has 0 atom stereocenters. The third-order valence-electron chi connectivity index (χ3n) is 27.2. The van der Waals surface area contributed by atoms with Crippen molar-refractivity contribution in [3.63, 3.8) is 0 Å². The lowest BCUT2D eigenvalue weighted by Crippen LogP contribution is -2.14. The van der Waals surface area contributed by atoms with E-state index >= 15 is 0 Å². The van der Waals surface area contributed by atoms with Crippen molar-refractivity contribution in [1.29, 1.82) is 0 Å². The van der Waals surface area contributed by atoms with Crippen molar-refractivity contribution in [2.45, 2.75) is 27.7 Å². The fourth-order valence-electron chi connectivity index (χ4n) is 20.9. The Morgan fingerprint density at radius 1 is 0.152 bits per heavy atom. The largest absolute Gasteiger partial charge is 0.310 e. The average Bonchev–Trinajstić information content (AvgIpc) is 0.732. The molecule has 138 heavy (non-hydrogen) atoms. The first-order valence-corrected chi connectivity index (χ1v) is 47.2. The molecule has 0 fully saturated rings. The molecule has 0 bridgehead atoms. The number of hydrogen-bond acceptors (Lipinski definition) is 9. The minimum absolute atomic E-state index is 0.877. The van der Waals surface area contributed by atoms with E-state index in [2.05, 4.69) is 518 Å². The third-order valence-corrected chi connectivity index (χ3v) is 27.2. The second-order valence-corrected chi connectivity index (χ2v) is 35.6. The number of aryl methyl sites for hydroxylation is 4. The van der Waals surface area contributed by atoms with Gasteiger partial charge in [0.2, 0.25) is 0 Å². The molecule has 9 nitrogen and oxygen atoms in total. The van der Waals surface area contributed by atoms with E-state index in [0.29, 0.717) is 0 Å². The van der Waals surface area contributed by atoms with Crippen molar-refractivity contribution in [1.82, 2.24) is 15.0 Å². The van der Waals surface area contributed by atoms with Gasteiger partial charge in [-0.3, -0.25) is 14.7 Å². The van der Waals surface area contributed by atoms with E-state index in [1.807, 2.05) is 30.7 Å². The van der Waals surface area contributed by atoms with Gasteiger partial charge in [-0.2, -0.15) is 0 Å². The van der Waals surface area contributed by atoms with Crippen molar-refractivity contribution in [2.75, 3.05) is 29.4 Å². The van der Waals surface area contributed by atoms with Crippen LogP contribution in [0.5, 0.6) is 0 Å². The van der Waals surface area contributed by atoms with Crippen molar-refractivity contribution in [3.8, 4) is 0 Å². The van der Waals surface area contributed by atoms with E-state index in [0.717, 1.165) is 97.0 Å². The Labute approximate surface area is 801 Å². The summed E-state index contributed by atoms with van der Waals surface area (Å²) in [6.07, 6.45) is 5.70. The number of benzene rings is 23. The first kappa shape index (κ1) is 83.1. The van der Waals surface area contributed by atoms with E-state index in [1.54, 1.807) is 0 Å². The van der Waals surface area contributed by atoms with Crippen LogP contribution in [0.4, 0.5) is 103 Å². The van der Waals surface area contributed by atoms with Crippen LogP contribution in [0, 0.1) is 27.7 Å². The van der Waals surface area contributed by atoms with Gasteiger partial charge < -0.3 is 14.7 Å². The SMILES string of the molecule is Cc1cc(N(c2ccccn2)c2cccc3ccccc23)c2ccc3c(C)cc(N(c4ccccn4)c4cccc5ccccc45)c4ccc1c2c34.Cc1ccc(N(c2ccccc2)c2ccc3ccc4c(N(c5ccccc5)c5ccc(C)cn5)ccc5ccc2c3c54)cc1.c1ccc(N(c2ccccc2)c2ccc3ccc4c(N(c5ccccc5)c5ccccc5)ccc5ccc2c3c54)cc1. The van der Waals surface area contributed by atoms with Crippen LogP contribution in [0.1, 0.15) is 22.3 Å². The fourth-order valence-corrected chi connectivity index (χ4v) is 20.9. The highest BCUT2D eigenvalue weighted by Gasteiger charge is 2.30. The van der Waals surface area contributed by atoms with E-state index in [9.17, 15) is 0 Å². The van der Waals surface area contributed by atoms with Crippen molar-refractivity contribution < 1.29 is 0 Å². The number of para-hydroxylation sites is 6. The van der Waals surface area contributed by atoms with Crippen LogP contribution in [0.25, 0.3) is 118 Å². The van der Waals surface area contributed by atoms with Gasteiger partial charge in [-0.1, -0.05) is 315 Å². The van der Waals surface area contributed by atoms with Gasteiger partial charge in [-0.15, -0.1) is 0 Å². The number of rotatable bonds is 18. The summed E-state index contributed by atoms with van der Waals surface area (Å²) < 4.78 is 0. The van der Waals surface area contributed by atoms with E-state index in [-0.39, 0.29) is 0 Å². The van der Waals surface area contributed by atoms with Crippen molar-refractivity contribution in [2.24, 2.45) is 0 Å². The van der Waals surface area contributed by atoms with Crippen LogP contribution < -0.4 is 29.4 Å². The van der Waals surface area contributed by atoms with Crippen LogP contribution in [0.2, 0.25) is 0 Å². The number of hydrogen-bond donors (Lipinski definition) is 0. The topological polar surface area (TPSA) is 58.1 Å². The monoisotopic (exact) mass is 1770 g/mol. The maximum atomic E-state index is 4.93. The molecule has 0 saturated carbocycles. The predicted octanol–water partition coefficient (Wildman–Crippen LogP) is 36.3. The molecule has 9 heteroatoms. The molecular weight excluding hydrogens is 1680 g/mol. The lowest BCUT2D eigenvalue weighted by atomic mass is 9.88. The summed E-state index contributed by atoms with van der Waals surface area (Å²) in [6.45, 7) is 8.68. The molecule has 0 spiro atoms. The van der Waals surface area contributed by atoms with E-state index in [1.165, 1.54) is 147 Å². The molecular formula is C129H93N9. The highest BCUT2D eigenvalue weighted by molar-refractivity contribution is 6.32. The minimum Gasteiger partial charge on any atom is -0.310 e. The Kier molecular flexibility index (Phi) is 21.4. The summed E-state index contributed by atoms with van der Waals surface area (Å²) in [4.78, 5) is 28.8. The molecule has 654 valence electrons. The zero-order chi connectivity index (χ0) is 92.3. The summed E-state index contributed by atoms with van der Waals surface area (Å²) in [7, 11) is 0. The molecule has 0 aliphatic heterocycles. The Bertz CT molecular complexity index is 8320. The van der Waals surface area contributed by atoms with Gasteiger partial charge in [-0.25, -0.2) is 15.0 Å². The minimum atomic E-state index is 0.877. The average molecular weight is 1770 g/mol. The number of aromatic nitrogens is 3. The van der Waals surface area contributed by atoms with Crippen molar-refractivity contribution in [3.05, 3.63) is 514 Å². The number of pyridine rings is 3. The van der Waals surface area contributed by atoms with Gasteiger partial charge in [0.05, 0.1) is 45.5 Å². The van der Waals surface area contributed by atoms with Gasteiger partial charge in [0.1, 0.15) is 17.5 Å². The van der Waals surface area contributed by atoms with Crippen LogP contribution in [-0.4, -0.2) is 15.0 Å². The Hall–Kier alpha value is -18.1. The summed E-state index contributed by atoms with van der Waals surface area (Å²) in [5, 5.41) is 27.1. The van der Waals surface area contributed by atoms with Gasteiger partial charge in [0.15, 0.2) is 0 Å². The summed E-state index contributed by atoms with van der Waals surface area (Å²) in [5.41, 5.74) is 21.7. The Morgan fingerprint density at radius 3 is 0.761 bits per heavy atom. The highest BCUT2D eigenvalue weighted by Crippen LogP contribution is 2.54. The first-order valence-electron chi connectivity index (χ1n) is 47.2. The molecule has 0 saturated heterocycles. The molecule has 0 unspecified atom stereocenters. The molecule has 0 aliphatic rings. The molecule has 0 aliphatic carbocycles. The Morgan fingerprint density at radius 2 is 0.420 bits per heavy atom. The highest BCUT2D eigenvalue weighted by atomic mass is 15.2. The lowest BCUT2D eigenvalue weighted by Gasteiger charge is -2.30. The molecule has 3 aromatic heterocycles. The van der Waals surface area contributed by atoms with Gasteiger partial charge >= 0.3 is 0 Å². The van der Waals surface area contributed by atoms with Gasteiger partial charge in [0, 0.05) is 101 Å². The molecule has 0 amide bonds. The lowest BCUT2D eigenvalue weighted by molar-refractivity contribution is 1.17. The third kappa shape index (κ3) is 14.8. The van der Waals surface area contributed by atoms with E-state index in [4.69, 9.17) is 15.0 Å². The van der Waals surface area contributed by atoms with Crippen LogP contribution >= 0.6 is 0 Å². The molecule has 23 aromatic carbocycles. The Balaban J connectivity index is 0.000000113. The van der Waals surface area contributed by atoms with E-state index < -0.39 is 0 Å². The number of nitrogens with zero attached hydrogens (tertiary/aromatic N) is 9. The van der Waals surface area contributed by atoms with Crippen LogP contribution in [0.15, 0.2) is 492 Å².